The topological polar surface area (TPSA) is 66.8 Å². The molecular formula is C28H28FNO4S. The van der Waals surface area contributed by atoms with Crippen LogP contribution in [0.5, 0.6) is 5.75 Å². The molecule has 3 aromatic rings. The molecule has 1 atom stereocenters. The van der Waals surface area contributed by atoms with Gasteiger partial charge >= 0.3 is 0 Å². The summed E-state index contributed by atoms with van der Waals surface area (Å²) in [5.41, 5.74) is 2.21. The molecule has 7 heteroatoms. The van der Waals surface area contributed by atoms with E-state index < -0.39 is 17.7 Å². The highest BCUT2D eigenvalue weighted by atomic mass is 32.1. The Bertz CT molecular complexity index is 1250. The highest BCUT2D eigenvalue weighted by Crippen LogP contribution is 2.41. The molecule has 2 heterocycles. The van der Waals surface area contributed by atoms with Crippen molar-refractivity contribution in [2.45, 2.75) is 33.2 Å². The van der Waals surface area contributed by atoms with E-state index in [2.05, 4.69) is 13.8 Å². The zero-order chi connectivity index (χ0) is 25.1. The number of ketones is 1. The lowest BCUT2D eigenvalue weighted by Gasteiger charge is -2.24. The van der Waals surface area contributed by atoms with Gasteiger partial charge in [0.05, 0.1) is 18.2 Å². The lowest BCUT2D eigenvalue weighted by Crippen LogP contribution is -2.31. The van der Waals surface area contributed by atoms with Crippen LogP contribution in [0, 0.1) is 18.7 Å². The van der Waals surface area contributed by atoms with E-state index in [1.807, 2.05) is 24.4 Å². The molecule has 0 bridgehead atoms. The van der Waals surface area contributed by atoms with Gasteiger partial charge in [-0.15, -0.1) is 11.3 Å². The van der Waals surface area contributed by atoms with Gasteiger partial charge < -0.3 is 14.7 Å². The zero-order valence-corrected chi connectivity index (χ0v) is 20.8. The van der Waals surface area contributed by atoms with Crippen molar-refractivity contribution in [3.8, 4) is 5.75 Å². The number of carbonyl (C=O) groups excluding carboxylic acids is 2. The molecule has 182 valence electrons. The first-order valence-electron chi connectivity index (χ1n) is 11.6. The summed E-state index contributed by atoms with van der Waals surface area (Å²) in [4.78, 5) is 28.5. The second-order valence-corrected chi connectivity index (χ2v) is 10.0. The monoisotopic (exact) mass is 493 g/mol. The van der Waals surface area contributed by atoms with E-state index in [4.69, 9.17) is 4.74 Å². The normalized spacial score (nSPS) is 17.4. The summed E-state index contributed by atoms with van der Waals surface area (Å²) in [7, 11) is 0. The minimum absolute atomic E-state index is 0.0757. The zero-order valence-electron chi connectivity index (χ0n) is 20.0. The Morgan fingerprint density at radius 2 is 1.89 bits per heavy atom. The standard InChI is InChI=1S/C28H28FNO4S/c1-17(2)16-34-22-11-8-20(15-18(22)3)26(31)24-25(23-5-4-14-35-23)30(28(33)27(24)32)13-12-19-6-9-21(29)10-7-19/h4-11,14-15,17,25,31H,12-13,16H2,1-3H3/b26-24-. The minimum atomic E-state index is -0.710. The molecule has 0 saturated carbocycles. The number of Topliss-reactive ketones (excluding diaryl/α,β-unsaturated/α-hetero) is 1. The molecule has 1 unspecified atom stereocenters. The number of likely N-dealkylation sites (tertiary alicyclic amines) is 1. The summed E-state index contributed by atoms with van der Waals surface area (Å²) >= 11 is 1.42. The fourth-order valence-corrected chi connectivity index (χ4v) is 4.97. The van der Waals surface area contributed by atoms with Gasteiger partial charge in [0.15, 0.2) is 0 Å². The number of aliphatic hydroxyl groups excluding tert-OH is 1. The van der Waals surface area contributed by atoms with Crippen LogP contribution >= 0.6 is 11.3 Å². The first kappa shape index (κ1) is 24.7. The Balaban J connectivity index is 1.68. The van der Waals surface area contributed by atoms with Crippen molar-refractivity contribution in [3.63, 3.8) is 0 Å². The minimum Gasteiger partial charge on any atom is -0.507 e. The number of rotatable bonds is 8. The Labute approximate surface area is 208 Å². The number of benzene rings is 2. The summed E-state index contributed by atoms with van der Waals surface area (Å²) in [6, 6.07) is 14.3. The van der Waals surface area contributed by atoms with Crippen molar-refractivity contribution in [3.05, 3.63) is 92.9 Å². The molecule has 1 aromatic heterocycles. The molecule has 5 nitrogen and oxygen atoms in total. The van der Waals surface area contributed by atoms with Crippen LogP contribution in [0.25, 0.3) is 5.76 Å². The molecule has 1 aliphatic rings. The van der Waals surface area contributed by atoms with Gasteiger partial charge in [-0.25, -0.2) is 4.39 Å². The van der Waals surface area contributed by atoms with Crippen molar-refractivity contribution < 1.29 is 23.8 Å². The highest BCUT2D eigenvalue weighted by molar-refractivity contribution is 7.10. The number of ether oxygens (including phenoxy) is 1. The molecular weight excluding hydrogens is 465 g/mol. The van der Waals surface area contributed by atoms with E-state index in [9.17, 15) is 19.1 Å². The number of hydrogen-bond donors (Lipinski definition) is 1. The van der Waals surface area contributed by atoms with Crippen LogP contribution < -0.4 is 4.74 Å². The van der Waals surface area contributed by atoms with E-state index in [0.29, 0.717) is 30.3 Å². The molecule has 1 amide bonds. The van der Waals surface area contributed by atoms with Crippen molar-refractivity contribution >= 4 is 28.8 Å². The summed E-state index contributed by atoms with van der Waals surface area (Å²) in [6.07, 6.45) is 0.455. The molecule has 1 saturated heterocycles. The largest absolute Gasteiger partial charge is 0.507 e. The maximum absolute atomic E-state index is 13.3. The number of nitrogens with zero attached hydrogens (tertiary/aromatic N) is 1. The Morgan fingerprint density at radius 3 is 2.51 bits per heavy atom. The van der Waals surface area contributed by atoms with Crippen LogP contribution in [0.1, 0.15) is 41.5 Å². The number of thiophene rings is 1. The number of carbonyl (C=O) groups is 2. The van der Waals surface area contributed by atoms with Gasteiger partial charge in [-0.2, -0.15) is 0 Å². The molecule has 0 radical (unpaired) electrons. The first-order valence-corrected chi connectivity index (χ1v) is 12.4. The molecule has 35 heavy (non-hydrogen) atoms. The molecule has 4 rings (SSSR count). The lowest BCUT2D eigenvalue weighted by atomic mass is 9.98. The number of aryl methyl sites for hydroxylation is 1. The van der Waals surface area contributed by atoms with Crippen molar-refractivity contribution in [1.29, 1.82) is 0 Å². The molecule has 0 aliphatic carbocycles. The van der Waals surface area contributed by atoms with Gasteiger partial charge in [-0.1, -0.05) is 32.0 Å². The molecule has 0 spiro atoms. The predicted molar refractivity (Wildman–Crippen MR) is 135 cm³/mol. The van der Waals surface area contributed by atoms with E-state index in [0.717, 1.165) is 16.0 Å². The van der Waals surface area contributed by atoms with Gasteiger partial charge in [0.25, 0.3) is 11.7 Å². The number of amides is 1. The van der Waals surface area contributed by atoms with E-state index in [-0.39, 0.29) is 23.7 Å². The van der Waals surface area contributed by atoms with Crippen LogP contribution in [0.2, 0.25) is 0 Å². The maximum Gasteiger partial charge on any atom is 0.295 e. The predicted octanol–water partition coefficient (Wildman–Crippen LogP) is 5.89. The maximum atomic E-state index is 13.3. The quantitative estimate of drug-likeness (QED) is 0.241. The van der Waals surface area contributed by atoms with E-state index in [1.54, 1.807) is 30.3 Å². The Hall–Kier alpha value is -3.45. The summed E-state index contributed by atoms with van der Waals surface area (Å²) < 4.78 is 19.1. The SMILES string of the molecule is Cc1cc(/C(O)=C2/C(=O)C(=O)N(CCc3ccc(F)cc3)C2c2cccs2)ccc1OCC(C)C. The van der Waals surface area contributed by atoms with E-state index in [1.165, 1.54) is 28.4 Å². The van der Waals surface area contributed by atoms with Gasteiger partial charge in [0.2, 0.25) is 0 Å². The average molecular weight is 494 g/mol. The van der Waals surface area contributed by atoms with Gasteiger partial charge in [-0.3, -0.25) is 9.59 Å². The van der Waals surface area contributed by atoms with Gasteiger partial charge in [-0.05, 0) is 72.2 Å². The van der Waals surface area contributed by atoms with Crippen LogP contribution in [0.15, 0.2) is 65.6 Å². The van der Waals surface area contributed by atoms with Gasteiger partial charge in [0.1, 0.15) is 17.3 Å². The number of halogens is 1. The van der Waals surface area contributed by atoms with Crippen LogP contribution in [-0.2, 0) is 16.0 Å². The van der Waals surface area contributed by atoms with Crippen molar-refractivity contribution in [2.75, 3.05) is 13.2 Å². The third-order valence-electron chi connectivity index (χ3n) is 5.93. The lowest BCUT2D eigenvalue weighted by molar-refractivity contribution is -0.139. The van der Waals surface area contributed by atoms with Crippen LogP contribution in [0.4, 0.5) is 4.39 Å². The number of hydrogen-bond acceptors (Lipinski definition) is 5. The third-order valence-corrected chi connectivity index (χ3v) is 6.85. The smallest absolute Gasteiger partial charge is 0.295 e. The van der Waals surface area contributed by atoms with Crippen molar-refractivity contribution in [1.82, 2.24) is 4.90 Å². The second-order valence-electron chi connectivity index (χ2n) is 9.07. The first-order chi connectivity index (χ1) is 16.8. The van der Waals surface area contributed by atoms with Crippen molar-refractivity contribution in [2.24, 2.45) is 5.92 Å². The summed E-state index contributed by atoms with van der Waals surface area (Å²) in [5.74, 6) is -0.810. The Morgan fingerprint density at radius 1 is 1.14 bits per heavy atom. The third kappa shape index (κ3) is 5.30. The van der Waals surface area contributed by atoms with E-state index >= 15 is 0 Å². The fraction of sp³-hybridized carbons (Fsp3) is 0.286. The molecule has 1 aliphatic heterocycles. The van der Waals surface area contributed by atoms with Crippen LogP contribution in [-0.4, -0.2) is 34.8 Å². The second kappa shape index (κ2) is 10.4. The fourth-order valence-electron chi connectivity index (χ4n) is 4.12. The highest BCUT2D eigenvalue weighted by Gasteiger charge is 2.46. The van der Waals surface area contributed by atoms with Gasteiger partial charge in [0, 0.05) is 17.0 Å². The van der Waals surface area contributed by atoms with Crippen LogP contribution in [0.3, 0.4) is 0 Å². The summed E-state index contributed by atoms with van der Waals surface area (Å²) in [6.45, 7) is 6.84. The Kier molecular flexibility index (Phi) is 7.36. The average Bonchev–Trinajstić information content (AvgIpc) is 3.44. The molecule has 1 N–H and O–H groups in total. The molecule has 2 aromatic carbocycles. The molecule has 1 fully saturated rings. The summed E-state index contributed by atoms with van der Waals surface area (Å²) in [5, 5.41) is 13.1. The number of aliphatic hydroxyl groups is 1.